The summed E-state index contributed by atoms with van der Waals surface area (Å²) in [6, 6.07) is 6.20. The summed E-state index contributed by atoms with van der Waals surface area (Å²) < 4.78 is 0. The third kappa shape index (κ3) is 2.33. The van der Waals surface area contributed by atoms with Crippen molar-refractivity contribution in [2.45, 2.75) is 0 Å². The topological polar surface area (TPSA) is 41.1 Å². The summed E-state index contributed by atoms with van der Waals surface area (Å²) in [5.41, 5.74) is 3.43. The molecule has 0 spiro atoms. The van der Waals surface area contributed by atoms with Gasteiger partial charge in [0.1, 0.15) is 0 Å². The van der Waals surface area contributed by atoms with E-state index in [0.717, 1.165) is 37.3 Å². The van der Waals surface area contributed by atoms with Crippen LogP contribution in [0.25, 0.3) is 11.1 Å². The number of piperazine rings is 1. The maximum atomic E-state index is 4.35. The van der Waals surface area contributed by atoms with Gasteiger partial charge in [-0.3, -0.25) is 9.97 Å². The van der Waals surface area contributed by atoms with E-state index >= 15 is 0 Å². The molecule has 0 saturated carbocycles. The molecule has 1 aliphatic heterocycles. The zero-order valence-electron chi connectivity index (χ0n) is 10.2. The number of nitrogens with one attached hydrogen (secondary N) is 1. The summed E-state index contributed by atoms with van der Waals surface area (Å²) in [6.45, 7) is 4.16. The van der Waals surface area contributed by atoms with Crippen molar-refractivity contribution in [2.75, 3.05) is 31.1 Å². The van der Waals surface area contributed by atoms with Crippen LogP contribution in [0.4, 0.5) is 5.69 Å². The lowest BCUT2D eigenvalue weighted by atomic mass is 10.1. The van der Waals surface area contributed by atoms with Crippen LogP contribution in [0.5, 0.6) is 0 Å². The van der Waals surface area contributed by atoms with Crippen LogP contribution >= 0.6 is 0 Å². The Morgan fingerprint density at radius 3 is 2.61 bits per heavy atom. The number of rotatable bonds is 2. The maximum absolute atomic E-state index is 4.35. The predicted molar refractivity (Wildman–Crippen MR) is 72.6 cm³/mol. The lowest BCUT2D eigenvalue weighted by molar-refractivity contribution is 0.589. The molecule has 2 aromatic rings. The van der Waals surface area contributed by atoms with Crippen LogP contribution in [0.1, 0.15) is 0 Å². The van der Waals surface area contributed by atoms with Crippen molar-refractivity contribution in [3.63, 3.8) is 0 Å². The highest BCUT2D eigenvalue weighted by Gasteiger charge is 2.11. The molecule has 1 aliphatic rings. The van der Waals surface area contributed by atoms with Gasteiger partial charge in [0.15, 0.2) is 0 Å². The molecular formula is C14H16N4. The number of nitrogens with zero attached hydrogens (tertiary/aromatic N) is 3. The van der Waals surface area contributed by atoms with Crippen LogP contribution in [-0.2, 0) is 0 Å². The number of anilines is 1. The third-order valence-corrected chi connectivity index (χ3v) is 3.20. The van der Waals surface area contributed by atoms with Gasteiger partial charge in [-0.1, -0.05) is 6.07 Å². The van der Waals surface area contributed by atoms with Gasteiger partial charge in [0, 0.05) is 55.9 Å². The van der Waals surface area contributed by atoms with E-state index in [9.17, 15) is 0 Å². The first-order valence-electron chi connectivity index (χ1n) is 6.24. The van der Waals surface area contributed by atoms with Gasteiger partial charge >= 0.3 is 0 Å². The first kappa shape index (κ1) is 11.2. The second-order valence-electron chi connectivity index (χ2n) is 4.41. The Bertz CT molecular complexity index is 506. The van der Waals surface area contributed by atoms with Crippen LogP contribution in [0.3, 0.4) is 0 Å². The van der Waals surface area contributed by atoms with Gasteiger partial charge in [-0.15, -0.1) is 0 Å². The summed E-state index contributed by atoms with van der Waals surface area (Å²) in [4.78, 5) is 10.9. The first-order valence-corrected chi connectivity index (χ1v) is 6.24. The van der Waals surface area contributed by atoms with Gasteiger partial charge in [0.25, 0.3) is 0 Å². The minimum Gasteiger partial charge on any atom is -0.368 e. The van der Waals surface area contributed by atoms with Crippen LogP contribution in [0.15, 0.2) is 43.0 Å². The molecule has 0 amide bonds. The molecule has 1 N–H and O–H groups in total. The van der Waals surface area contributed by atoms with Gasteiger partial charge in [-0.2, -0.15) is 0 Å². The van der Waals surface area contributed by atoms with Crippen LogP contribution in [0.2, 0.25) is 0 Å². The number of aromatic nitrogens is 2. The fourth-order valence-corrected chi connectivity index (χ4v) is 2.22. The molecule has 0 aliphatic carbocycles. The summed E-state index contributed by atoms with van der Waals surface area (Å²) in [7, 11) is 0. The van der Waals surface area contributed by atoms with Crippen molar-refractivity contribution < 1.29 is 0 Å². The van der Waals surface area contributed by atoms with Gasteiger partial charge in [0.05, 0.1) is 11.9 Å². The van der Waals surface area contributed by atoms with Gasteiger partial charge in [-0.25, -0.2) is 0 Å². The third-order valence-electron chi connectivity index (χ3n) is 3.20. The lowest BCUT2D eigenvalue weighted by Gasteiger charge is -2.29. The molecule has 18 heavy (non-hydrogen) atoms. The lowest BCUT2D eigenvalue weighted by Crippen LogP contribution is -2.43. The molecule has 0 radical (unpaired) electrons. The SMILES string of the molecule is c1cncc(-c2cncc(N3CCNCC3)c2)c1. The molecule has 0 atom stereocenters. The standard InChI is InChI=1S/C14H16N4/c1-2-12(9-16-3-1)13-8-14(11-17-10-13)18-6-4-15-5-7-18/h1-3,8-11,15H,4-7H2. The normalized spacial score (nSPS) is 15.7. The molecule has 4 nitrogen and oxygen atoms in total. The zero-order chi connectivity index (χ0) is 12.2. The Hall–Kier alpha value is -1.94. The summed E-state index contributed by atoms with van der Waals surface area (Å²) in [5.74, 6) is 0. The highest BCUT2D eigenvalue weighted by molar-refractivity contribution is 5.66. The van der Waals surface area contributed by atoms with E-state index < -0.39 is 0 Å². The van der Waals surface area contributed by atoms with Crippen molar-refractivity contribution in [1.82, 2.24) is 15.3 Å². The number of hydrogen-bond acceptors (Lipinski definition) is 4. The number of pyridine rings is 2. The van der Waals surface area contributed by atoms with Gasteiger partial charge in [-0.05, 0) is 12.1 Å². The van der Waals surface area contributed by atoms with Crippen LogP contribution < -0.4 is 10.2 Å². The van der Waals surface area contributed by atoms with E-state index in [2.05, 4.69) is 32.3 Å². The fourth-order valence-electron chi connectivity index (χ4n) is 2.22. The molecular weight excluding hydrogens is 224 g/mol. The molecule has 3 heterocycles. The van der Waals surface area contributed by atoms with Gasteiger partial charge < -0.3 is 10.2 Å². The largest absolute Gasteiger partial charge is 0.368 e. The van der Waals surface area contributed by atoms with Crippen LogP contribution in [0, 0.1) is 0 Å². The molecule has 2 aromatic heterocycles. The Balaban J connectivity index is 1.89. The van der Waals surface area contributed by atoms with E-state index in [4.69, 9.17) is 0 Å². The van der Waals surface area contributed by atoms with E-state index in [1.165, 1.54) is 5.69 Å². The zero-order valence-corrected chi connectivity index (χ0v) is 10.2. The van der Waals surface area contributed by atoms with E-state index in [-0.39, 0.29) is 0 Å². The molecule has 1 saturated heterocycles. The highest BCUT2D eigenvalue weighted by atomic mass is 15.2. The molecule has 92 valence electrons. The monoisotopic (exact) mass is 240 g/mol. The summed E-state index contributed by atoms with van der Waals surface area (Å²) in [5, 5.41) is 3.36. The van der Waals surface area contributed by atoms with E-state index in [0.29, 0.717) is 0 Å². The van der Waals surface area contributed by atoms with Crippen LogP contribution in [-0.4, -0.2) is 36.1 Å². The predicted octanol–water partition coefficient (Wildman–Crippen LogP) is 1.55. The Labute approximate surface area is 107 Å². The number of hydrogen-bond donors (Lipinski definition) is 1. The van der Waals surface area contributed by atoms with Crippen molar-refractivity contribution in [2.24, 2.45) is 0 Å². The molecule has 4 heteroatoms. The fraction of sp³-hybridized carbons (Fsp3) is 0.286. The summed E-state index contributed by atoms with van der Waals surface area (Å²) in [6.07, 6.45) is 7.49. The minimum atomic E-state index is 1.04. The van der Waals surface area contributed by atoms with Crippen molar-refractivity contribution in [3.05, 3.63) is 43.0 Å². The molecule has 0 bridgehead atoms. The Kier molecular flexibility index (Phi) is 3.19. The second kappa shape index (κ2) is 5.14. The van der Waals surface area contributed by atoms with E-state index in [1.807, 2.05) is 24.7 Å². The van der Waals surface area contributed by atoms with Crippen molar-refractivity contribution in [1.29, 1.82) is 0 Å². The molecule has 0 aromatic carbocycles. The second-order valence-corrected chi connectivity index (χ2v) is 4.41. The van der Waals surface area contributed by atoms with Crippen molar-refractivity contribution >= 4 is 5.69 Å². The quantitative estimate of drug-likeness (QED) is 0.864. The van der Waals surface area contributed by atoms with Crippen molar-refractivity contribution in [3.8, 4) is 11.1 Å². The maximum Gasteiger partial charge on any atom is 0.0559 e. The first-order chi connectivity index (χ1) is 8.93. The average Bonchev–Trinajstić information content (AvgIpc) is 2.49. The highest BCUT2D eigenvalue weighted by Crippen LogP contribution is 2.22. The van der Waals surface area contributed by atoms with Gasteiger partial charge in [0.2, 0.25) is 0 Å². The Morgan fingerprint density at radius 2 is 1.83 bits per heavy atom. The molecule has 3 rings (SSSR count). The summed E-state index contributed by atoms with van der Waals surface area (Å²) >= 11 is 0. The average molecular weight is 240 g/mol. The Morgan fingerprint density at radius 1 is 1.00 bits per heavy atom. The minimum absolute atomic E-state index is 1.04. The molecule has 1 fully saturated rings. The van der Waals surface area contributed by atoms with E-state index in [1.54, 1.807) is 6.20 Å². The smallest absolute Gasteiger partial charge is 0.0559 e. The molecule has 0 unspecified atom stereocenters.